The van der Waals surface area contributed by atoms with E-state index in [1.165, 1.54) is 0 Å². The molecule has 11 heteroatoms. The van der Waals surface area contributed by atoms with Crippen molar-refractivity contribution in [2.75, 3.05) is 0 Å². The Morgan fingerprint density at radius 3 is 2.44 bits per heavy atom. The van der Waals surface area contributed by atoms with Gasteiger partial charge in [0, 0.05) is 26.4 Å². The summed E-state index contributed by atoms with van der Waals surface area (Å²) in [6.45, 7) is -0.00151. The molecule has 0 atom stereocenters. The van der Waals surface area contributed by atoms with Gasteiger partial charge in [0.15, 0.2) is 11.3 Å². The molecule has 27 heavy (non-hydrogen) atoms. The van der Waals surface area contributed by atoms with E-state index in [-0.39, 0.29) is 43.7 Å². The van der Waals surface area contributed by atoms with E-state index in [1.54, 1.807) is 0 Å². The van der Waals surface area contributed by atoms with Gasteiger partial charge in [0.1, 0.15) is 5.52 Å². The number of halogens is 4. The number of aromatic nitrogens is 4. The van der Waals surface area contributed by atoms with Crippen LogP contribution in [-0.2, 0) is 13.6 Å². The zero-order valence-electron chi connectivity index (χ0n) is 14.5. The van der Waals surface area contributed by atoms with Gasteiger partial charge in [-0.2, -0.15) is 0 Å². The summed E-state index contributed by atoms with van der Waals surface area (Å²) in [7, 11) is 1.16. The van der Waals surface area contributed by atoms with Gasteiger partial charge in [-0.1, -0.05) is 0 Å². The number of H-pyrrole nitrogens is 1. The minimum atomic E-state index is -3.09. The van der Waals surface area contributed by atoms with Crippen molar-refractivity contribution in [3.05, 3.63) is 37.0 Å². The predicted molar refractivity (Wildman–Crippen MR) is 88.3 cm³/mol. The summed E-state index contributed by atoms with van der Waals surface area (Å²) in [6.07, 6.45) is -2.64. The smallest absolute Gasteiger partial charge is 0.304 e. The Kier molecular flexibility index (Phi) is 4.96. The summed E-state index contributed by atoms with van der Waals surface area (Å²) in [5.41, 5.74) is -3.65. The number of aryl methyl sites for hydroxylation is 1. The predicted octanol–water partition coefficient (Wildman–Crippen LogP) is 1.94. The van der Waals surface area contributed by atoms with Crippen LogP contribution in [-0.4, -0.2) is 25.0 Å². The summed E-state index contributed by atoms with van der Waals surface area (Å²) in [4.78, 5) is 42.3. The standard InChI is InChI=1S/C16H18F4N4O3/c1-23-14(26)9-10(13(25)22-12(21-9)11(17)18)24(15(23)27)7-4-8-2-5-16(19,20)6-3-8/h8,11H,2-7H2,1H3,(H,21,22,25). The van der Waals surface area contributed by atoms with Gasteiger partial charge in [-0.3, -0.25) is 18.7 Å². The van der Waals surface area contributed by atoms with E-state index < -0.39 is 40.5 Å². The molecule has 1 N–H and O–H groups in total. The van der Waals surface area contributed by atoms with Crippen LogP contribution in [0.25, 0.3) is 11.0 Å². The van der Waals surface area contributed by atoms with Crippen LogP contribution >= 0.6 is 0 Å². The molecule has 0 bridgehead atoms. The zero-order valence-corrected chi connectivity index (χ0v) is 14.5. The van der Waals surface area contributed by atoms with Crippen LogP contribution in [0.4, 0.5) is 17.6 Å². The first-order chi connectivity index (χ1) is 12.6. The fraction of sp³-hybridized carbons (Fsp3) is 0.625. The monoisotopic (exact) mass is 390 g/mol. The fourth-order valence-corrected chi connectivity index (χ4v) is 3.42. The van der Waals surface area contributed by atoms with E-state index >= 15 is 0 Å². The molecule has 1 fully saturated rings. The molecule has 1 saturated carbocycles. The largest absolute Gasteiger partial charge is 0.331 e. The highest BCUT2D eigenvalue weighted by Gasteiger charge is 2.34. The fourth-order valence-electron chi connectivity index (χ4n) is 3.42. The summed E-state index contributed by atoms with van der Waals surface area (Å²) >= 11 is 0. The van der Waals surface area contributed by atoms with Crippen LogP contribution in [0.5, 0.6) is 0 Å². The van der Waals surface area contributed by atoms with E-state index in [1.807, 2.05) is 4.98 Å². The average molecular weight is 390 g/mol. The number of nitrogens with one attached hydrogen (secondary N) is 1. The Hall–Kier alpha value is -2.46. The Morgan fingerprint density at radius 1 is 1.22 bits per heavy atom. The Labute approximate surface area is 149 Å². The highest BCUT2D eigenvalue weighted by atomic mass is 19.3. The maximum atomic E-state index is 13.3. The third kappa shape index (κ3) is 3.67. The molecule has 0 unspecified atom stereocenters. The molecule has 2 aromatic rings. The Morgan fingerprint density at radius 2 is 1.85 bits per heavy atom. The number of hydrogen-bond acceptors (Lipinski definition) is 4. The second-order valence-electron chi connectivity index (χ2n) is 6.84. The van der Waals surface area contributed by atoms with Crippen molar-refractivity contribution >= 4 is 11.0 Å². The summed E-state index contributed by atoms with van der Waals surface area (Å²) in [5, 5.41) is 0. The van der Waals surface area contributed by atoms with Crippen LogP contribution < -0.4 is 16.8 Å². The first-order valence-electron chi connectivity index (χ1n) is 8.50. The van der Waals surface area contributed by atoms with E-state index in [0.29, 0.717) is 11.0 Å². The summed E-state index contributed by atoms with van der Waals surface area (Å²) in [5.74, 6) is -3.69. The molecule has 2 heterocycles. The molecule has 7 nitrogen and oxygen atoms in total. The van der Waals surface area contributed by atoms with Gasteiger partial charge in [-0.15, -0.1) is 0 Å². The van der Waals surface area contributed by atoms with Crippen LogP contribution in [0.1, 0.15) is 44.4 Å². The first-order valence-corrected chi connectivity index (χ1v) is 8.50. The van der Waals surface area contributed by atoms with Crippen molar-refractivity contribution in [1.82, 2.24) is 19.1 Å². The molecular formula is C16H18F4N4O3. The highest BCUT2D eigenvalue weighted by Crippen LogP contribution is 2.37. The third-order valence-corrected chi connectivity index (χ3v) is 5.01. The topological polar surface area (TPSA) is 89.8 Å². The van der Waals surface area contributed by atoms with Crippen molar-refractivity contribution in [3.8, 4) is 0 Å². The van der Waals surface area contributed by atoms with Gasteiger partial charge >= 0.3 is 5.69 Å². The molecule has 0 spiro atoms. The lowest BCUT2D eigenvalue weighted by Crippen LogP contribution is -2.41. The van der Waals surface area contributed by atoms with Gasteiger partial charge in [-0.05, 0) is 25.2 Å². The third-order valence-electron chi connectivity index (χ3n) is 5.01. The molecule has 0 aliphatic heterocycles. The molecular weight excluding hydrogens is 372 g/mol. The van der Waals surface area contributed by atoms with Crippen LogP contribution in [0.3, 0.4) is 0 Å². The number of fused-ring (bicyclic) bond motifs is 1. The van der Waals surface area contributed by atoms with E-state index in [0.717, 1.165) is 11.6 Å². The Bertz CT molecular complexity index is 1030. The quantitative estimate of drug-likeness (QED) is 0.808. The average Bonchev–Trinajstić information content (AvgIpc) is 2.61. The lowest BCUT2D eigenvalue weighted by molar-refractivity contribution is -0.0468. The van der Waals surface area contributed by atoms with Crippen LogP contribution in [0.15, 0.2) is 14.4 Å². The molecule has 0 saturated heterocycles. The Balaban J connectivity index is 2.01. The van der Waals surface area contributed by atoms with Crippen molar-refractivity contribution in [2.24, 2.45) is 13.0 Å². The number of hydrogen-bond donors (Lipinski definition) is 1. The molecule has 1 aliphatic carbocycles. The SMILES string of the molecule is Cn1c(=O)c2nc(C(F)F)[nH]c(=O)c2n(CCC2CCC(F)(F)CC2)c1=O. The molecule has 1 aliphatic rings. The van der Waals surface area contributed by atoms with Gasteiger partial charge < -0.3 is 4.98 Å². The van der Waals surface area contributed by atoms with E-state index in [2.05, 4.69) is 4.98 Å². The van der Waals surface area contributed by atoms with Gasteiger partial charge in [0.25, 0.3) is 17.5 Å². The maximum Gasteiger partial charge on any atom is 0.331 e. The van der Waals surface area contributed by atoms with Crippen LogP contribution in [0.2, 0.25) is 0 Å². The van der Waals surface area contributed by atoms with E-state index in [9.17, 15) is 31.9 Å². The number of aromatic amines is 1. The number of rotatable bonds is 4. The highest BCUT2D eigenvalue weighted by molar-refractivity contribution is 5.72. The van der Waals surface area contributed by atoms with Crippen molar-refractivity contribution in [1.29, 1.82) is 0 Å². The van der Waals surface area contributed by atoms with Crippen molar-refractivity contribution in [2.45, 2.75) is 51.0 Å². The maximum absolute atomic E-state index is 13.3. The number of nitrogens with zero attached hydrogens (tertiary/aromatic N) is 3. The van der Waals surface area contributed by atoms with Gasteiger partial charge in [-0.25, -0.2) is 27.3 Å². The zero-order chi connectivity index (χ0) is 19.9. The van der Waals surface area contributed by atoms with Gasteiger partial charge in [0.05, 0.1) is 0 Å². The molecule has 2 aromatic heterocycles. The minimum absolute atomic E-state index is 0.00151. The molecule has 148 valence electrons. The van der Waals surface area contributed by atoms with E-state index in [4.69, 9.17) is 0 Å². The van der Waals surface area contributed by atoms with Gasteiger partial charge in [0.2, 0.25) is 5.92 Å². The lowest BCUT2D eigenvalue weighted by atomic mass is 9.85. The molecule has 0 radical (unpaired) electrons. The van der Waals surface area contributed by atoms with Crippen molar-refractivity contribution < 1.29 is 17.6 Å². The summed E-state index contributed by atoms with van der Waals surface area (Å²) < 4.78 is 54.0. The second-order valence-corrected chi connectivity index (χ2v) is 6.84. The minimum Gasteiger partial charge on any atom is -0.304 e. The summed E-state index contributed by atoms with van der Waals surface area (Å²) in [6, 6.07) is 0. The molecule has 0 aromatic carbocycles. The number of alkyl halides is 4. The second kappa shape index (κ2) is 6.93. The molecule has 3 rings (SSSR count). The normalized spacial score (nSPS) is 17.7. The molecule has 0 amide bonds. The van der Waals surface area contributed by atoms with Crippen molar-refractivity contribution in [3.63, 3.8) is 0 Å². The first kappa shape index (κ1) is 19.3. The lowest BCUT2D eigenvalue weighted by Gasteiger charge is -2.28. The van der Waals surface area contributed by atoms with Crippen LogP contribution in [0, 0.1) is 5.92 Å².